The molecule has 0 atom stereocenters. The molecule has 80 valence electrons. The highest BCUT2D eigenvalue weighted by molar-refractivity contribution is 6.13. The fourth-order valence-corrected chi connectivity index (χ4v) is 1.07. The number of nitrogens with zero attached hydrogens (tertiary/aromatic N) is 2. The zero-order valence-corrected chi connectivity index (χ0v) is 8.64. The van der Waals surface area contributed by atoms with Gasteiger partial charge in [-0.2, -0.15) is 0 Å². The molecule has 0 unspecified atom stereocenters. The second kappa shape index (κ2) is 4.54. The van der Waals surface area contributed by atoms with E-state index in [1.807, 2.05) is 13.8 Å². The molecule has 1 heterocycles. The van der Waals surface area contributed by atoms with Crippen LogP contribution < -0.4 is 5.73 Å². The number of nitrogens with two attached hydrogens (primary N) is 1. The molecule has 0 aliphatic rings. The first-order chi connectivity index (χ1) is 7.06. The zero-order valence-electron chi connectivity index (χ0n) is 8.64. The van der Waals surface area contributed by atoms with Gasteiger partial charge in [-0.25, -0.2) is 14.8 Å². The quantitative estimate of drug-likeness (QED) is 0.721. The van der Waals surface area contributed by atoms with Crippen LogP contribution in [0.1, 0.15) is 31.3 Å². The summed E-state index contributed by atoms with van der Waals surface area (Å²) in [5, 5.41) is 8.83. The van der Waals surface area contributed by atoms with Crippen molar-refractivity contribution in [2.24, 2.45) is 5.73 Å². The van der Waals surface area contributed by atoms with Gasteiger partial charge in [-0.1, -0.05) is 13.8 Å². The predicted molar refractivity (Wildman–Crippen MR) is 55.9 cm³/mol. The minimum atomic E-state index is -1.13. The molecule has 5 heteroatoms. The molecule has 0 fully saturated rings. The lowest BCUT2D eigenvalue weighted by Gasteiger charge is -2.05. The third kappa shape index (κ3) is 2.52. The van der Waals surface area contributed by atoms with Gasteiger partial charge in [-0.3, -0.25) is 0 Å². The van der Waals surface area contributed by atoms with Crippen molar-refractivity contribution in [1.82, 2.24) is 9.97 Å². The number of hydrogen-bond donors (Lipinski definition) is 2. The van der Waals surface area contributed by atoms with Crippen LogP contribution in [0.3, 0.4) is 0 Å². The van der Waals surface area contributed by atoms with Gasteiger partial charge in [-0.15, -0.1) is 0 Å². The summed E-state index contributed by atoms with van der Waals surface area (Å²) in [7, 11) is 0. The lowest BCUT2D eigenvalue weighted by Crippen LogP contribution is -2.08. The van der Waals surface area contributed by atoms with Gasteiger partial charge in [0.25, 0.3) is 0 Å². The van der Waals surface area contributed by atoms with Crippen molar-refractivity contribution in [3.8, 4) is 0 Å². The summed E-state index contributed by atoms with van der Waals surface area (Å²) in [4.78, 5) is 18.8. The topological polar surface area (TPSA) is 89.1 Å². The van der Waals surface area contributed by atoms with Crippen molar-refractivity contribution in [2.45, 2.75) is 19.8 Å². The molecule has 0 aliphatic carbocycles. The number of rotatable bonds is 3. The van der Waals surface area contributed by atoms with Gasteiger partial charge < -0.3 is 10.8 Å². The van der Waals surface area contributed by atoms with Gasteiger partial charge in [0.1, 0.15) is 5.57 Å². The van der Waals surface area contributed by atoms with E-state index in [0.29, 0.717) is 0 Å². The first-order valence-electron chi connectivity index (χ1n) is 4.54. The van der Waals surface area contributed by atoms with Crippen molar-refractivity contribution in [1.29, 1.82) is 0 Å². The van der Waals surface area contributed by atoms with Gasteiger partial charge >= 0.3 is 5.97 Å². The van der Waals surface area contributed by atoms with Gasteiger partial charge in [0, 0.05) is 18.1 Å². The minimum Gasteiger partial charge on any atom is -0.477 e. The van der Waals surface area contributed by atoms with E-state index in [0.717, 1.165) is 11.9 Å². The summed E-state index contributed by atoms with van der Waals surface area (Å²) in [5.41, 5.74) is 5.92. The first-order valence-corrected chi connectivity index (χ1v) is 4.54. The molecule has 3 N–H and O–H groups in total. The smallest absolute Gasteiger partial charge is 0.341 e. The van der Waals surface area contributed by atoms with E-state index in [2.05, 4.69) is 9.97 Å². The van der Waals surface area contributed by atoms with Crippen LogP contribution in [0.4, 0.5) is 0 Å². The Labute approximate surface area is 87.7 Å². The zero-order chi connectivity index (χ0) is 11.4. The molecule has 1 aromatic rings. The van der Waals surface area contributed by atoms with Crippen molar-refractivity contribution in [3.05, 3.63) is 30.0 Å². The maximum absolute atomic E-state index is 10.8. The number of carboxylic acids is 1. The number of carbonyl (C=O) groups is 1. The van der Waals surface area contributed by atoms with Crippen LogP contribution in [-0.2, 0) is 4.79 Å². The standard InChI is InChI=1S/C10H13N3O2/c1-6(2)8-3-4-12-9(13-8)7(5-11)10(14)15/h3-6H,11H2,1-2H3,(H,14,15)/b7-5+. The minimum absolute atomic E-state index is 0.0856. The lowest BCUT2D eigenvalue weighted by atomic mass is 10.1. The summed E-state index contributed by atoms with van der Waals surface area (Å²) in [6.45, 7) is 3.94. The van der Waals surface area contributed by atoms with Crippen LogP contribution >= 0.6 is 0 Å². The number of hydrogen-bond acceptors (Lipinski definition) is 4. The van der Waals surface area contributed by atoms with Crippen molar-refractivity contribution in [3.63, 3.8) is 0 Å². The summed E-state index contributed by atoms with van der Waals surface area (Å²) >= 11 is 0. The van der Waals surface area contributed by atoms with Crippen LogP contribution in [0.15, 0.2) is 18.5 Å². The summed E-state index contributed by atoms with van der Waals surface area (Å²) < 4.78 is 0. The number of aromatic nitrogens is 2. The maximum atomic E-state index is 10.8. The largest absolute Gasteiger partial charge is 0.477 e. The Morgan fingerprint density at radius 1 is 1.60 bits per heavy atom. The van der Waals surface area contributed by atoms with Gasteiger partial charge in [-0.05, 0) is 12.0 Å². The molecule has 0 bridgehead atoms. The second-order valence-electron chi connectivity index (χ2n) is 3.35. The molecule has 5 nitrogen and oxygen atoms in total. The summed E-state index contributed by atoms with van der Waals surface area (Å²) in [6, 6.07) is 1.75. The van der Waals surface area contributed by atoms with Crippen LogP contribution in [0.2, 0.25) is 0 Å². The molecule has 0 saturated heterocycles. The lowest BCUT2D eigenvalue weighted by molar-refractivity contribution is -0.130. The van der Waals surface area contributed by atoms with Crippen molar-refractivity contribution >= 4 is 11.5 Å². The molecule has 15 heavy (non-hydrogen) atoms. The van der Waals surface area contributed by atoms with E-state index in [1.54, 1.807) is 6.07 Å². The molecule has 1 rings (SSSR count). The van der Waals surface area contributed by atoms with E-state index in [1.165, 1.54) is 6.20 Å². The third-order valence-corrected chi connectivity index (χ3v) is 1.91. The van der Waals surface area contributed by atoms with Crippen molar-refractivity contribution < 1.29 is 9.90 Å². The molecule has 0 amide bonds. The highest BCUT2D eigenvalue weighted by atomic mass is 16.4. The average Bonchev–Trinajstić information content (AvgIpc) is 2.18. The molecule has 0 saturated carbocycles. The molecule has 0 spiro atoms. The van der Waals surface area contributed by atoms with Crippen molar-refractivity contribution in [2.75, 3.05) is 0 Å². The van der Waals surface area contributed by atoms with Crippen LogP contribution in [0, 0.1) is 0 Å². The van der Waals surface area contributed by atoms with E-state index in [9.17, 15) is 4.79 Å². The molecule has 0 aromatic carbocycles. The highest BCUT2D eigenvalue weighted by Gasteiger charge is 2.13. The Bertz CT molecular complexity index is 399. The van der Waals surface area contributed by atoms with Crippen LogP contribution in [0.5, 0.6) is 0 Å². The van der Waals surface area contributed by atoms with Gasteiger partial charge in [0.2, 0.25) is 0 Å². The average molecular weight is 207 g/mol. The Morgan fingerprint density at radius 2 is 2.27 bits per heavy atom. The number of aliphatic carboxylic acids is 1. The Balaban J connectivity index is 3.15. The monoisotopic (exact) mass is 207 g/mol. The Morgan fingerprint density at radius 3 is 2.73 bits per heavy atom. The Kier molecular flexibility index (Phi) is 3.38. The Hall–Kier alpha value is -1.91. The molecule has 1 aromatic heterocycles. The maximum Gasteiger partial charge on any atom is 0.341 e. The third-order valence-electron chi connectivity index (χ3n) is 1.91. The second-order valence-corrected chi connectivity index (χ2v) is 3.35. The van der Waals surface area contributed by atoms with E-state index in [4.69, 9.17) is 10.8 Å². The van der Waals surface area contributed by atoms with Gasteiger partial charge in [0.05, 0.1) is 0 Å². The van der Waals surface area contributed by atoms with E-state index < -0.39 is 5.97 Å². The first kappa shape index (κ1) is 11.2. The SMILES string of the molecule is CC(C)c1ccnc(/C(=C\N)C(=O)O)n1. The highest BCUT2D eigenvalue weighted by Crippen LogP contribution is 2.14. The molecular formula is C10H13N3O2. The number of carboxylic acid groups (broad SMARTS) is 1. The van der Waals surface area contributed by atoms with Gasteiger partial charge in [0.15, 0.2) is 5.82 Å². The van der Waals surface area contributed by atoms with E-state index >= 15 is 0 Å². The summed E-state index contributed by atoms with van der Waals surface area (Å²) in [5.74, 6) is -0.755. The van der Waals surface area contributed by atoms with Crippen LogP contribution in [-0.4, -0.2) is 21.0 Å². The van der Waals surface area contributed by atoms with E-state index in [-0.39, 0.29) is 17.3 Å². The van der Waals surface area contributed by atoms with Crippen LogP contribution in [0.25, 0.3) is 5.57 Å². The predicted octanol–water partition coefficient (Wildman–Crippen LogP) is 0.984. The normalized spacial score (nSPS) is 11.8. The molecule has 0 radical (unpaired) electrons. The molecule has 0 aliphatic heterocycles. The molecular weight excluding hydrogens is 194 g/mol. The fourth-order valence-electron chi connectivity index (χ4n) is 1.07. The fraction of sp³-hybridized carbons (Fsp3) is 0.300. The summed E-state index contributed by atoms with van der Waals surface area (Å²) in [6.07, 6.45) is 2.53.